The van der Waals surface area contributed by atoms with Gasteiger partial charge in [-0.25, -0.2) is 0 Å². The first kappa shape index (κ1) is 20.8. The molecule has 1 aliphatic heterocycles. The van der Waals surface area contributed by atoms with Crippen LogP contribution in [0.1, 0.15) is 10.4 Å². The van der Waals surface area contributed by atoms with Crippen molar-refractivity contribution in [2.45, 2.75) is 4.90 Å². The maximum absolute atomic E-state index is 12.9. The van der Waals surface area contributed by atoms with Crippen LogP contribution in [0.5, 0.6) is 11.5 Å². The average Bonchev–Trinajstić information content (AvgIpc) is 2.74. The summed E-state index contributed by atoms with van der Waals surface area (Å²) in [5.74, 6) is 1.52. The van der Waals surface area contributed by atoms with Gasteiger partial charge >= 0.3 is 0 Å². The van der Waals surface area contributed by atoms with E-state index in [1.807, 2.05) is 53.6 Å². The minimum absolute atomic E-state index is 0.0426. The van der Waals surface area contributed by atoms with Crippen molar-refractivity contribution in [3.05, 3.63) is 53.1 Å². The fourth-order valence-corrected chi connectivity index (χ4v) is 3.82. The Bertz CT molecular complexity index is 793. The van der Waals surface area contributed by atoms with Crippen molar-refractivity contribution in [2.75, 3.05) is 52.7 Å². The van der Waals surface area contributed by atoms with Crippen molar-refractivity contribution < 1.29 is 19.2 Å². The Morgan fingerprint density at radius 3 is 2.54 bits per heavy atom. The van der Waals surface area contributed by atoms with Crippen LogP contribution < -0.4 is 14.4 Å². The third-order valence-electron chi connectivity index (χ3n) is 4.93. The molecule has 0 atom stereocenters. The van der Waals surface area contributed by atoms with Gasteiger partial charge in [0, 0.05) is 9.92 Å². The van der Waals surface area contributed by atoms with Gasteiger partial charge in [0.25, 0.3) is 5.91 Å². The molecule has 0 unspecified atom stereocenters. The van der Waals surface area contributed by atoms with E-state index in [2.05, 4.69) is 0 Å². The molecule has 1 saturated heterocycles. The number of thioether (sulfide) groups is 1. The molecule has 1 N–H and O–H groups in total. The van der Waals surface area contributed by atoms with Crippen molar-refractivity contribution in [3.8, 4) is 11.5 Å². The minimum atomic E-state index is 0.0426. The molecule has 0 aromatic heterocycles. The number of ether oxygens (including phenoxy) is 2. The van der Waals surface area contributed by atoms with Crippen molar-refractivity contribution in [1.29, 1.82) is 0 Å². The van der Waals surface area contributed by atoms with Crippen LogP contribution in [0, 0.1) is 0 Å². The molecule has 0 bridgehead atoms. The number of rotatable bonds is 7. The SMILES string of the molecule is COc1cc(SC)ccc1C(=O)N1CC[NH+](CCOc2ccc(Cl)cc2)CC1. The number of quaternary nitrogens is 1. The van der Waals surface area contributed by atoms with Gasteiger partial charge in [0.15, 0.2) is 0 Å². The van der Waals surface area contributed by atoms with Gasteiger partial charge in [-0.3, -0.25) is 4.79 Å². The van der Waals surface area contributed by atoms with Crippen LogP contribution in [0.2, 0.25) is 5.02 Å². The highest BCUT2D eigenvalue weighted by molar-refractivity contribution is 7.98. The smallest absolute Gasteiger partial charge is 0.258 e. The van der Waals surface area contributed by atoms with E-state index in [0.717, 1.165) is 43.4 Å². The van der Waals surface area contributed by atoms with Gasteiger partial charge in [-0.1, -0.05) is 11.6 Å². The number of carbonyl (C=O) groups excluding carboxylic acids is 1. The van der Waals surface area contributed by atoms with Gasteiger partial charge in [0.05, 0.1) is 38.9 Å². The molecule has 1 fully saturated rings. The average molecular weight is 422 g/mol. The molecule has 1 amide bonds. The second-order valence-electron chi connectivity index (χ2n) is 6.66. The van der Waals surface area contributed by atoms with Crippen LogP contribution in [0.4, 0.5) is 0 Å². The Labute approximate surface area is 175 Å². The van der Waals surface area contributed by atoms with Crippen LogP contribution in [-0.4, -0.2) is 63.5 Å². The van der Waals surface area contributed by atoms with Gasteiger partial charge in [0.1, 0.15) is 24.7 Å². The summed E-state index contributed by atoms with van der Waals surface area (Å²) in [5.41, 5.74) is 0.634. The fourth-order valence-electron chi connectivity index (χ4n) is 3.27. The molecule has 0 aliphatic carbocycles. The molecule has 5 nitrogen and oxygen atoms in total. The van der Waals surface area contributed by atoms with Crippen molar-refractivity contribution in [1.82, 2.24) is 4.90 Å². The molecule has 7 heteroatoms. The largest absolute Gasteiger partial charge is 0.496 e. The second kappa shape index (κ2) is 10.0. The highest BCUT2D eigenvalue weighted by Crippen LogP contribution is 2.26. The monoisotopic (exact) mass is 421 g/mol. The van der Waals surface area contributed by atoms with E-state index >= 15 is 0 Å². The third kappa shape index (κ3) is 5.34. The summed E-state index contributed by atoms with van der Waals surface area (Å²) in [6.45, 7) is 4.87. The summed E-state index contributed by atoms with van der Waals surface area (Å²) in [6, 6.07) is 13.2. The zero-order chi connectivity index (χ0) is 19.9. The van der Waals surface area contributed by atoms with E-state index in [-0.39, 0.29) is 5.91 Å². The maximum Gasteiger partial charge on any atom is 0.258 e. The standard InChI is InChI=1S/C21H25ClN2O3S/c1-26-20-15-18(28-2)7-8-19(20)21(25)24-11-9-23(10-12-24)13-14-27-17-5-3-16(22)4-6-17/h3-8,15H,9-14H2,1-2H3/p+1. The molecular formula is C21H26ClN2O3S+. The number of halogens is 1. The zero-order valence-electron chi connectivity index (χ0n) is 16.2. The molecule has 150 valence electrons. The van der Waals surface area contributed by atoms with E-state index in [1.165, 1.54) is 4.90 Å². The fraction of sp³-hybridized carbons (Fsp3) is 0.381. The first-order valence-electron chi connectivity index (χ1n) is 9.34. The molecule has 0 spiro atoms. The minimum Gasteiger partial charge on any atom is -0.496 e. The number of amides is 1. The topological polar surface area (TPSA) is 43.2 Å². The van der Waals surface area contributed by atoms with Crippen molar-refractivity contribution in [2.24, 2.45) is 0 Å². The predicted molar refractivity (Wildman–Crippen MR) is 113 cm³/mol. The van der Waals surface area contributed by atoms with Crippen LogP contribution in [0.15, 0.2) is 47.4 Å². The van der Waals surface area contributed by atoms with E-state index in [0.29, 0.717) is 22.9 Å². The molecule has 28 heavy (non-hydrogen) atoms. The summed E-state index contributed by atoms with van der Waals surface area (Å²) in [4.78, 5) is 17.4. The Kier molecular flexibility index (Phi) is 7.48. The summed E-state index contributed by atoms with van der Waals surface area (Å²) < 4.78 is 11.2. The Morgan fingerprint density at radius 1 is 1.18 bits per heavy atom. The number of carbonyl (C=O) groups is 1. The van der Waals surface area contributed by atoms with E-state index in [4.69, 9.17) is 21.1 Å². The van der Waals surface area contributed by atoms with E-state index < -0.39 is 0 Å². The molecule has 1 aliphatic rings. The lowest BCUT2D eigenvalue weighted by Gasteiger charge is -2.32. The zero-order valence-corrected chi connectivity index (χ0v) is 17.8. The summed E-state index contributed by atoms with van der Waals surface area (Å²) in [7, 11) is 1.61. The normalized spacial score (nSPS) is 14.8. The van der Waals surface area contributed by atoms with Crippen LogP contribution >= 0.6 is 23.4 Å². The quantitative estimate of drug-likeness (QED) is 0.697. The predicted octanol–water partition coefficient (Wildman–Crippen LogP) is 2.49. The molecule has 2 aromatic rings. The lowest BCUT2D eigenvalue weighted by Crippen LogP contribution is -3.15. The first-order chi connectivity index (χ1) is 13.6. The molecule has 1 heterocycles. The molecule has 0 radical (unpaired) electrons. The highest BCUT2D eigenvalue weighted by Gasteiger charge is 2.26. The summed E-state index contributed by atoms with van der Waals surface area (Å²) in [6.07, 6.45) is 2.01. The third-order valence-corrected chi connectivity index (χ3v) is 5.91. The number of nitrogens with one attached hydrogen (secondary N) is 1. The van der Waals surface area contributed by atoms with Gasteiger partial charge in [-0.05, 0) is 48.7 Å². The number of methoxy groups -OCH3 is 1. The Hall–Kier alpha value is -1.89. The maximum atomic E-state index is 12.9. The number of piperazine rings is 1. The molecule has 2 aromatic carbocycles. The highest BCUT2D eigenvalue weighted by atomic mass is 35.5. The lowest BCUT2D eigenvalue weighted by atomic mass is 10.1. The first-order valence-corrected chi connectivity index (χ1v) is 10.9. The summed E-state index contributed by atoms with van der Waals surface area (Å²) >= 11 is 7.52. The summed E-state index contributed by atoms with van der Waals surface area (Å²) in [5, 5.41) is 0.707. The number of benzene rings is 2. The van der Waals surface area contributed by atoms with E-state index in [9.17, 15) is 4.79 Å². The lowest BCUT2D eigenvalue weighted by molar-refractivity contribution is -0.903. The Balaban J connectivity index is 1.48. The van der Waals surface area contributed by atoms with Crippen molar-refractivity contribution in [3.63, 3.8) is 0 Å². The number of hydrogen-bond donors (Lipinski definition) is 1. The van der Waals surface area contributed by atoms with Gasteiger partial charge in [-0.15, -0.1) is 11.8 Å². The second-order valence-corrected chi connectivity index (χ2v) is 7.98. The van der Waals surface area contributed by atoms with Gasteiger partial charge in [-0.2, -0.15) is 0 Å². The van der Waals surface area contributed by atoms with Crippen LogP contribution in [0.25, 0.3) is 0 Å². The molecule has 0 saturated carbocycles. The van der Waals surface area contributed by atoms with E-state index in [1.54, 1.807) is 18.9 Å². The Morgan fingerprint density at radius 2 is 1.89 bits per heavy atom. The van der Waals surface area contributed by atoms with Crippen LogP contribution in [-0.2, 0) is 0 Å². The number of hydrogen-bond acceptors (Lipinski definition) is 4. The van der Waals surface area contributed by atoms with Gasteiger partial charge < -0.3 is 19.3 Å². The van der Waals surface area contributed by atoms with Crippen LogP contribution in [0.3, 0.4) is 0 Å². The van der Waals surface area contributed by atoms with Crippen molar-refractivity contribution >= 4 is 29.3 Å². The van der Waals surface area contributed by atoms with Gasteiger partial charge in [0.2, 0.25) is 0 Å². The molecular weight excluding hydrogens is 396 g/mol. The molecule has 3 rings (SSSR count). The number of nitrogens with zero attached hydrogens (tertiary/aromatic N) is 1.